The van der Waals surface area contributed by atoms with Crippen LogP contribution in [0.5, 0.6) is 0 Å². The molecule has 0 aliphatic heterocycles. The third-order valence-electron chi connectivity index (χ3n) is 0.922. The van der Waals surface area contributed by atoms with Crippen molar-refractivity contribution in [3.8, 4) is 0 Å². The summed E-state index contributed by atoms with van der Waals surface area (Å²) in [6, 6.07) is 0. The molecule has 0 fully saturated rings. The summed E-state index contributed by atoms with van der Waals surface area (Å²) in [4.78, 5) is 0. The first-order chi connectivity index (χ1) is 9.21. The minimum atomic E-state index is -2.67. The first kappa shape index (κ1) is 4.55. The van der Waals surface area contributed by atoms with E-state index in [1.807, 2.05) is 0 Å². The molecule has 13 heavy (non-hydrogen) atoms. The molecule has 0 spiro atoms. The molecule has 0 radical (unpaired) electrons. The van der Waals surface area contributed by atoms with Crippen molar-refractivity contribution >= 4 is 0 Å². The maximum absolute atomic E-state index is 7.20. The molecular weight excluding hydrogens is 172 g/mol. The first-order valence-electron chi connectivity index (χ1n) is 7.64. The monoisotopic (exact) mass is 200 g/mol. The zero-order chi connectivity index (χ0) is 16.9. The largest absolute Gasteiger partial charge is 0.378 e. The summed E-state index contributed by atoms with van der Waals surface area (Å²) in [6.45, 7) is -11.4. The summed E-state index contributed by atoms with van der Waals surface area (Å²) in [5, 5.41) is 0. The van der Waals surface area contributed by atoms with Gasteiger partial charge in [-0.15, -0.1) is 0 Å². The van der Waals surface area contributed by atoms with Gasteiger partial charge in [0.2, 0.25) is 0 Å². The van der Waals surface area contributed by atoms with Gasteiger partial charge in [0.05, 0.1) is 45.0 Å². The van der Waals surface area contributed by atoms with Crippen LogP contribution in [0.1, 0.15) is 11.0 Å². The first-order valence-corrected chi connectivity index (χ1v) is 3.64. The molecule has 0 aromatic carbocycles. The van der Waals surface area contributed by atoms with Gasteiger partial charge in [0, 0.05) is 18.5 Å². The highest BCUT2D eigenvalue weighted by Gasteiger charge is 1.89. The van der Waals surface area contributed by atoms with Crippen LogP contribution >= 0.6 is 0 Å². The van der Waals surface area contributed by atoms with Crippen molar-refractivity contribution in [2.75, 3.05) is 52.5 Å². The Labute approximate surface area is 90.6 Å². The average molecular weight is 200 g/mol. The number of hydrogen-bond acceptors (Lipinski definition) is 5. The lowest BCUT2D eigenvalue weighted by Gasteiger charge is -2.05. The molecule has 80 valence electrons. The van der Waals surface area contributed by atoms with E-state index in [1.165, 1.54) is 0 Å². The Bertz CT molecular complexity index is 288. The average Bonchev–Trinajstić information content (AvgIpc) is 2.24. The van der Waals surface area contributed by atoms with E-state index in [2.05, 4.69) is 9.47 Å². The Balaban J connectivity index is 3.81. The third kappa shape index (κ3) is 11.8. The molecule has 0 saturated carbocycles. The molecule has 4 N–H and O–H groups in total. The van der Waals surface area contributed by atoms with Gasteiger partial charge < -0.3 is 25.7 Å². The van der Waals surface area contributed by atoms with Crippen molar-refractivity contribution in [3.63, 3.8) is 0 Å². The molecule has 0 aliphatic rings. The van der Waals surface area contributed by atoms with E-state index in [0.29, 0.717) is 0 Å². The van der Waals surface area contributed by atoms with E-state index in [1.54, 1.807) is 0 Å². The third-order valence-corrected chi connectivity index (χ3v) is 0.922. The van der Waals surface area contributed by atoms with Gasteiger partial charge in [-0.1, -0.05) is 0 Å². The van der Waals surface area contributed by atoms with Crippen LogP contribution in [-0.2, 0) is 14.2 Å². The molecule has 5 heteroatoms. The second kappa shape index (κ2) is 11.8. The normalized spacial score (nSPS) is 24.2. The molecule has 0 unspecified atom stereocenters. The predicted octanol–water partition coefficient (Wildman–Crippen LogP) is -1.05. The van der Waals surface area contributed by atoms with Crippen LogP contribution in [0.4, 0.5) is 0 Å². The molecular formula is C8H20N2O3. The van der Waals surface area contributed by atoms with Crippen LogP contribution in [0.25, 0.3) is 0 Å². The van der Waals surface area contributed by atoms with Crippen molar-refractivity contribution in [2.45, 2.75) is 0 Å². The van der Waals surface area contributed by atoms with Gasteiger partial charge in [-0.3, -0.25) is 0 Å². The lowest BCUT2D eigenvalue weighted by atomic mass is 10.7. The maximum Gasteiger partial charge on any atom is 0.0701 e. The Morgan fingerprint density at radius 1 is 0.769 bits per heavy atom. The molecule has 0 amide bonds. The minimum absolute atomic E-state index is 0.0997. The highest BCUT2D eigenvalue weighted by Crippen LogP contribution is 1.79. The van der Waals surface area contributed by atoms with Crippen LogP contribution in [0.2, 0.25) is 0 Å². The number of ether oxygens (including phenoxy) is 3. The van der Waals surface area contributed by atoms with Crippen molar-refractivity contribution in [1.82, 2.24) is 0 Å². The molecule has 0 heterocycles. The maximum atomic E-state index is 7.20. The predicted molar refractivity (Wildman–Crippen MR) is 50.6 cm³/mol. The Morgan fingerprint density at radius 3 is 1.54 bits per heavy atom. The van der Waals surface area contributed by atoms with Crippen LogP contribution in [0, 0.1) is 0 Å². The van der Waals surface area contributed by atoms with E-state index < -0.39 is 26.1 Å². The Morgan fingerprint density at radius 2 is 1.15 bits per heavy atom. The van der Waals surface area contributed by atoms with Gasteiger partial charge in [0.1, 0.15) is 0 Å². The number of hydrogen-bond donors (Lipinski definition) is 2. The second-order valence-electron chi connectivity index (χ2n) is 1.80. The zero-order valence-electron chi connectivity index (χ0n) is 15.2. The van der Waals surface area contributed by atoms with Gasteiger partial charge in [-0.2, -0.15) is 0 Å². The molecule has 0 aromatic rings. The lowest BCUT2D eigenvalue weighted by Crippen LogP contribution is -2.15. The van der Waals surface area contributed by atoms with Crippen LogP contribution < -0.4 is 11.5 Å². The van der Waals surface area contributed by atoms with Gasteiger partial charge in [-0.25, -0.2) is 0 Å². The topological polar surface area (TPSA) is 79.7 Å². The van der Waals surface area contributed by atoms with Crippen molar-refractivity contribution < 1.29 is 25.2 Å². The van der Waals surface area contributed by atoms with Gasteiger partial charge in [-0.05, 0) is 0 Å². The zero-order valence-corrected chi connectivity index (χ0v) is 7.21. The lowest BCUT2D eigenvalue weighted by molar-refractivity contribution is 0.0175. The highest BCUT2D eigenvalue weighted by atomic mass is 16.5. The van der Waals surface area contributed by atoms with Crippen LogP contribution in [0.3, 0.4) is 0 Å². The quantitative estimate of drug-likeness (QED) is 0.440. The smallest absolute Gasteiger partial charge is 0.0701 e. The summed E-state index contributed by atoms with van der Waals surface area (Å²) < 4.78 is 71.0. The van der Waals surface area contributed by atoms with Gasteiger partial charge in [0.15, 0.2) is 0 Å². The SMILES string of the molecule is [2H]C([2H])(N)C([2H])([2H])OCCOCCOC([2H])([2H])C([2H])([2H])N. The number of nitrogens with two attached hydrogens (primary N) is 2. The number of rotatable bonds is 10. The Hall–Kier alpha value is -0.200. The van der Waals surface area contributed by atoms with Crippen LogP contribution in [-0.4, -0.2) is 52.5 Å². The van der Waals surface area contributed by atoms with E-state index in [9.17, 15) is 0 Å². The molecule has 0 saturated heterocycles. The fourth-order valence-corrected chi connectivity index (χ4v) is 0.489. The molecule has 0 aromatic heterocycles. The summed E-state index contributed by atoms with van der Waals surface area (Å²) >= 11 is 0. The second-order valence-corrected chi connectivity index (χ2v) is 1.80. The molecule has 5 nitrogen and oxygen atoms in total. The van der Waals surface area contributed by atoms with Gasteiger partial charge in [0.25, 0.3) is 0 Å². The standard InChI is InChI=1S/C8H20N2O3/c9-1-3-11-5-7-13-8-6-12-4-2-10/h1-10H2/i1D2,2D2,3D2,4D2. The summed E-state index contributed by atoms with van der Waals surface area (Å²) in [5.74, 6) is 0. The minimum Gasteiger partial charge on any atom is -0.378 e. The molecule has 0 rings (SSSR count). The Kier molecular flexibility index (Phi) is 4.13. The van der Waals surface area contributed by atoms with Crippen LogP contribution in [0.15, 0.2) is 0 Å². The fraction of sp³-hybridized carbons (Fsp3) is 1.00. The van der Waals surface area contributed by atoms with Crippen molar-refractivity contribution in [3.05, 3.63) is 0 Å². The fourth-order valence-electron chi connectivity index (χ4n) is 0.489. The van der Waals surface area contributed by atoms with Gasteiger partial charge >= 0.3 is 0 Å². The summed E-state index contributed by atoms with van der Waals surface area (Å²) in [6.07, 6.45) is 0. The van der Waals surface area contributed by atoms with E-state index >= 15 is 0 Å². The summed E-state index contributed by atoms with van der Waals surface area (Å²) in [5.41, 5.74) is 9.90. The van der Waals surface area contributed by atoms with E-state index in [0.717, 1.165) is 0 Å². The molecule has 0 atom stereocenters. The molecule has 0 bridgehead atoms. The van der Waals surface area contributed by atoms with Crippen molar-refractivity contribution in [2.24, 2.45) is 11.5 Å². The van der Waals surface area contributed by atoms with Crippen molar-refractivity contribution in [1.29, 1.82) is 0 Å². The van der Waals surface area contributed by atoms with E-state index in [-0.39, 0.29) is 26.4 Å². The van der Waals surface area contributed by atoms with E-state index in [4.69, 9.17) is 27.2 Å². The highest BCUT2D eigenvalue weighted by molar-refractivity contribution is 4.35. The summed E-state index contributed by atoms with van der Waals surface area (Å²) in [7, 11) is 0. The molecule has 0 aliphatic carbocycles.